The Morgan fingerprint density at radius 2 is 2.57 bits per heavy atom. The summed E-state index contributed by atoms with van der Waals surface area (Å²) in [6.45, 7) is 2.99. The molecule has 3 rings (SSSR count). The van der Waals surface area contributed by atoms with Crippen molar-refractivity contribution < 1.29 is 0 Å². The predicted octanol–water partition coefficient (Wildman–Crippen LogP) is 0.849. The van der Waals surface area contributed by atoms with Gasteiger partial charge in [-0.3, -0.25) is 4.99 Å². The van der Waals surface area contributed by atoms with E-state index in [1.807, 2.05) is 11.6 Å². The summed E-state index contributed by atoms with van der Waals surface area (Å²) in [6.07, 6.45) is 2.98. The Balaban J connectivity index is 1.91. The average Bonchev–Trinajstić information content (AvgIpc) is 2.88. The zero-order valence-corrected chi connectivity index (χ0v) is 8.63. The number of aliphatic imine (C=N–C) groups is 1. The van der Waals surface area contributed by atoms with E-state index >= 15 is 0 Å². The van der Waals surface area contributed by atoms with E-state index in [4.69, 9.17) is 0 Å². The first-order valence-electron chi connectivity index (χ1n) is 4.89. The van der Waals surface area contributed by atoms with E-state index in [1.54, 1.807) is 11.3 Å². The standard InChI is InChI=1S/C9H12N4S/c1-2-11-9-12-3-5-13(9)7(1)8-10-4-6-14-8/h4,6-7H,1-3,5H2,(H,11,12). The van der Waals surface area contributed by atoms with Crippen molar-refractivity contribution in [3.8, 4) is 0 Å². The van der Waals surface area contributed by atoms with Gasteiger partial charge in [-0.1, -0.05) is 0 Å². The van der Waals surface area contributed by atoms with Crippen LogP contribution in [-0.4, -0.2) is 35.5 Å². The number of thiazole rings is 1. The topological polar surface area (TPSA) is 40.5 Å². The zero-order chi connectivity index (χ0) is 9.38. The van der Waals surface area contributed by atoms with Crippen LogP contribution in [0.3, 0.4) is 0 Å². The van der Waals surface area contributed by atoms with Crippen molar-refractivity contribution in [3.05, 3.63) is 16.6 Å². The minimum atomic E-state index is 0.456. The molecule has 0 amide bonds. The number of hydrogen-bond acceptors (Lipinski definition) is 5. The van der Waals surface area contributed by atoms with Gasteiger partial charge >= 0.3 is 0 Å². The molecule has 0 bridgehead atoms. The van der Waals surface area contributed by atoms with Gasteiger partial charge in [0.05, 0.1) is 6.04 Å². The third-order valence-electron chi connectivity index (χ3n) is 2.68. The number of nitrogens with zero attached hydrogens (tertiary/aromatic N) is 3. The summed E-state index contributed by atoms with van der Waals surface area (Å²) in [7, 11) is 0. The first-order chi connectivity index (χ1) is 6.95. The lowest BCUT2D eigenvalue weighted by Gasteiger charge is -2.30. The van der Waals surface area contributed by atoms with Gasteiger partial charge < -0.3 is 10.2 Å². The normalized spacial score (nSPS) is 25.6. The smallest absolute Gasteiger partial charge is 0.194 e. The van der Waals surface area contributed by atoms with Crippen LogP contribution in [0.15, 0.2) is 16.6 Å². The molecule has 2 aliphatic rings. The lowest BCUT2D eigenvalue weighted by atomic mass is 10.1. The van der Waals surface area contributed by atoms with Gasteiger partial charge in [0.1, 0.15) is 5.01 Å². The van der Waals surface area contributed by atoms with Crippen LogP contribution in [0.5, 0.6) is 0 Å². The molecule has 2 aliphatic heterocycles. The summed E-state index contributed by atoms with van der Waals surface area (Å²) in [5, 5.41) is 6.57. The molecule has 74 valence electrons. The fourth-order valence-electron chi connectivity index (χ4n) is 2.05. The second kappa shape index (κ2) is 3.24. The van der Waals surface area contributed by atoms with Crippen LogP contribution in [0.25, 0.3) is 0 Å². The van der Waals surface area contributed by atoms with Gasteiger partial charge in [0.25, 0.3) is 0 Å². The maximum Gasteiger partial charge on any atom is 0.194 e. The van der Waals surface area contributed by atoms with Crippen molar-refractivity contribution in [1.82, 2.24) is 15.2 Å². The summed E-state index contributed by atoms with van der Waals surface area (Å²) >= 11 is 1.74. The Morgan fingerprint density at radius 1 is 1.57 bits per heavy atom. The molecule has 1 N–H and O–H groups in total. The summed E-state index contributed by atoms with van der Waals surface area (Å²) in [6, 6.07) is 0.456. The summed E-state index contributed by atoms with van der Waals surface area (Å²) in [5.41, 5.74) is 0. The van der Waals surface area contributed by atoms with Gasteiger partial charge in [-0.25, -0.2) is 4.98 Å². The van der Waals surface area contributed by atoms with Gasteiger partial charge in [-0.15, -0.1) is 11.3 Å². The third-order valence-corrected chi connectivity index (χ3v) is 3.56. The molecule has 1 fully saturated rings. The highest BCUT2D eigenvalue weighted by Crippen LogP contribution is 2.29. The van der Waals surface area contributed by atoms with E-state index in [1.165, 1.54) is 5.01 Å². The maximum atomic E-state index is 4.46. The summed E-state index contributed by atoms with van der Waals surface area (Å²) in [5.74, 6) is 1.07. The average molecular weight is 208 g/mol. The van der Waals surface area contributed by atoms with E-state index in [9.17, 15) is 0 Å². The number of hydrogen-bond donors (Lipinski definition) is 1. The van der Waals surface area contributed by atoms with Crippen molar-refractivity contribution in [2.45, 2.75) is 12.5 Å². The number of nitrogens with one attached hydrogen (secondary N) is 1. The van der Waals surface area contributed by atoms with Crippen LogP contribution in [0.4, 0.5) is 0 Å². The SMILES string of the molecule is c1csc(C2CCN=C3NCCN32)n1. The molecule has 5 heteroatoms. The largest absolute Gasteiger partial charge is 0.354 e. The number of fused-ring (bicyclic) bond motifs is 1. The Morgan fingerprint density at radius 3 is 3.43 bits per heavy atom. The van der Waals surface area contributed by atoms with Crippen molar-refractivity contribution in [2.24, 2.45) is 4.99 Å². The van der Waals surface area contributed by atoms with Gasteiger partial charge in [-0.2, -0.15) is 0 Å². The Hall–Kier alpha value is -1.10. The zero-order valence-electron chi connectivity index (χ0n) is 7.81. The molecule has 14 heavy (non-hydrogen) atoms. The predicted molar refractivity (Wildman–Crippen MR) is 56.5 cm³/mol. The maximum absolute atomic E-state index is 4.46. The molecule has 0 aliphatic carbocycles. The van der Waals surface area contributed by atoms with Gasteiger partial charge in [0, 0.05) is 31.2 Å². The first-order valence-corrected chi connectivity index (χ1v) is 5.77. The second-order valence-corrected chi connectivity index (χ2v) is 4.43. The number of guanidine groups is 1. The van der Waals surface area contributed by atoms with Gasteiger partial charge in [0.2, 0.25) is 0 Å². The molecular formula is C9H12N4S. The first kappa shape index (κ1) is 8.23. The van der Waals surface area contributed by atoms with E-state index < -0.39 is 0 Å². The molecular weight excluding hydrogens is 196 g/mol. The highest BCUT2D eigenvalue weighted by molar-refractivity contribution is 7.09. The molecule has 1 aromatic heterocycles. The van der Waals surface area contributed by atoms with Gasteiger partial charge in [-0.05, 0) is 6.42 Å². The van der Waals surface area contributed by atoms with Crippen molar-refractivity contribution in [2.75, 3.05) is 19.6 Å². The molecule has 0 aromatic carbocycles. The van der Waals surface area contributed by atoms with Crippen molar-refractivity contribution in [1.29, 1.82) is 0 Å². The van der Waals surface area contributed by atoms with Crippen LogP contribution in [0, 0.1) is 0 Å². The van der Waals surface area contributed by atoms with Crippen molar-refractivity contribution >= 4 is 17.3 Å². The molecule has 1 unspecified atom stereocenters. The molecule has 0 saturated carbocycles. The quantitative estimate of drug-likeness (QED) is 0.744. The fourth-order valence-corrected chi connectivity index (χ4v) is 2.84. The monoisotopic (exact) mass is 208 g/mol. The van der Waals surface area contributed by atoms with E-state index in [0.29, 0.717) is 6.04 Å². The lowest BCUT2D eigenvalue weighted by molar-refractivity contribution is 0.314. The molecule has 1 aromatic rings. The highest BCUT2D eigenvalue weighted by atomic mass is 32.1. The Labute approximate surface area is 86.7 Å². The number of aromatic nitrogens is 1. The van der Waals surface area contributed by atoms with Gasteiger partial charge in [0.15, 0.2) is 5.96 Å². The molecule has 3 heterocycles. The lowest BCUT2D eigenvalue weighted by Crippen LogP contribution is -2.37. The fraction of sp³-hybridized carbons (Fsp3) is 0.556. The summed E-state index contributed by atoms with van der Waals surface area (Å²) < 4.78 is 0. The Bertz CT molecular complexity index is 346. The van der Waals surface area contributed by atoms with Crippen LogP contribution in [-0.2, 0) is 0 Å². The summed E-state index contributed by atoms with van der Waals surface area (Å²) in [4.78, 5) is 11.2. The van der Waals surface area contributed by atoms with Crippen LogP contribution < -0.4 is 5.32 Å². The molecule has 4 nitrogen and oxygen atoms in total. The van der Waals surface area contributed by atoms with E-state index in [2.05, 4.69) is 20.2 Å². The Kier molecular flexibility index (Phi) is 1.90. The molecule has 0 spiro atoms. The number of rotatable bonds is 1. The van der Waals surface area contributed by atoms with Crippen LogP contribution in [0.1, 0.15) is 17.5 Å². The van der Waals surface area contributed by atoms with Crippen LogP contribution >= 0.6 is 11.3 Å². The second-order valence-electron chi connectivity index (χ2n) is 3.50. The molecule has 0 radical (unpaired) electrons. The minimum absolute atomic E-state index is 0.456. The van der Waals surface area contributed by atoms with Crippen LogP contribution in [0.2, 0.25) is 0 Å². The molecule has 1 atom stereocenters. The van der Waals surface area contributed by atoms with E-state index in [-0.39, 0.29) is 0 Å². The molecule has 1 saturated heterocycles. The van der Waals surface area contributed by atoms with E-state index in [0.717, 1.165) is 32.0 Å². The third kappa shape index (κ3) is 1.19. The minimum Gasteiger partial charge on any atom is -0.354 e. The highest BCUT2D eigenvalue weighted by Gasteiger charge is 2.31. The van der Waals surface area contributed by atoms with Crippen molar-refractivity contribution in [3.63, 3.8) is 0 Å².